The van der Waals surface area contributed by atoms with E-state index in [4.69, 9.17) is 5.73 Å². The predicted molar refractivity (Wildman–Crippen MR) is 72.7 cm³/mol. The predicted octanol–water partition coefficient (Wildman–Crippen LogP) is 1.73. The minimum Gasteiger partial charge on any atom is -0.327 e. The van der Waals surface area contributed by atoms with Crippen LogP contribution in [0.25, 0.3) is 0 Å². The Labute approximate surface area is 110 Å². The van der Waals surface area contributed by atoms with E-state index in [1.807, 2.05) is 9.95 Å². The van der Waals surface area contributed by atoms with Crippen molar-refractivity contribution in [2.24, 2.45) is 11.7 Å². The lowest BCUT2D eigenvalue weighted by Gasteiger charge is -2.16. The van der Waals surface area contributed by atoms with Crippen molar-refractivity contribution in [3.8, 4) is 0 Å². The maximum Gasteiger partial charge on any atom is 0.304 e. The van der Waals surface area contributed by atoms with Gasteiger partial charge in [0.05, 0.1) is 18.6 Å². The van der Waals surface area contributed by atoms with E-state index < -0.39 is 0 Å². The molecule has 0 aliphatic rings. The molecule has 6 heteroatoms. The first-order chi connectivity index (χ1) is 8.56. The number of nitrogens with two attached hydrogens (primary N) is 1. The van der Waals surface area contributed by atoms with Gasteiger partial charge < -0.3 is 15.3 Å². The number of H-pyrrole nitrogens is 1. The summed E-state index contributed by atoms with van der Waals surface area (Å²) in [6.07, 6.45) is 4.48. The van der Waals surface area contributed by atoms with E-state index in [1.54, 1.807) is 12.5 Å². The summed E-state index contributed by atoms with van der Waals surface area (Å²) >= 11 is 1.18. The lowest BCUT2D eigenvalue weighted by molar-refractivity contribution is 0.488. The van der Waals surface area contributed by atoms with Gasteiger partial charge in [-0.25, -0.2) is 4.98 Å². The average Bonchev–Trinajstić information content (AvgIpc) is 2.87. The molecule has 0 fully saturated rings. The zero-order chi connectivity index (χ0) is 13.1. The molecular weight excluding hydrogens is 248 g/mol. The molecule has 1 atom stereocenters. The molecule has 1 unspecified atom stereocenters. The zero-order valence-electron chi connectivity index (χ0n) is 10.6. The van der Waals surface area contributed by atoms with E-state index in [9.17, 15) is 4.79 Å². The number of hydrogen-bond donors (Lipinski definition) is 2. The zero-order valence-corrected chi connectivity index (χ0v) is 11.4. The fourth-order valence-electron chi connectivity index (χ4n) is 1.98. The highest BCUT2D eigenvalue weighted by Gasteiger charge is 2.13. The summed E-state index contributed by atoms with van der Waals surface area (Å²) in [7, 11) is 0. The van der Waals surface area contributed by atoms with Gasteiger partial charge in [-0.15, -0.1) is 0 Å². The third kappa shape index (κ3) is 3.08. The molecule has 2 heterocycles. The van der Waals surface area contributed by atoms with Gasteiger partial charge in [-0.1, -0.05) is 25.2 Å². The van der Waals surface area contributed by atoms with Crippen molar-refractivity contribution in [1.29, 1.82) is 0 Å². The molecule has 2 aromatic rings. The van der Waals surface area contributed by atoms with Gasteiger partial charge in [0, 0.05) is 23.3 Å². The van der Waals surface area contributed by atoms with E-state index in [2.05, 4.69) is 23.8 Å². The summed E-state index contributed by atoms with van der Waals surface area (Å²) in [5.41, 5.74) is 8.07. The molecule has 2 rings (SSSR count). The number of thiazole rings is 1. The highest BCUT2D eigenvalue weighted by atomic mass is 32.1. The molecule has 0 spiro atoms. The molecule has 18 heavy (non-hydrogen) atoms. The van der Waals surface area contributed by atoms with Crippen molar-refractivity contribution in [1.82, 2.24) is 14.5 Å². The molecule has 2 aromatic heterocycles. The number of nitrogens with one attached hydrogen (secondary N) is 1. The highest BCUT2D eigenvalue weighted by Crippen LogP contribution is 2.19. The maximum absolute atomic E-state index is 11.1. The number of aromatic nitrogens is 3. The van der Waals surface area contributed by atoms with Gasteiger partial charge in [0.2, 0.25) is 0 Å². The average molecular weight is 266 g/mol. The van der Waals surface area contributed by atoms with Crippen LogP contribution in [0.15, 0.2) is 22.7 Å². The highest BCUT2D eigenvalue weighted by molar-refractivity contribution is 7.07. The first kappa shape index (κ1) is 13.0. The molecule has 0 radical (unpaired) electrons. The van der Waals surface area contributed by atoms with Crippen molar-refractivity contribution in [3.63, 3.8) is 0 Å². The molecule has 0 bridgehead atoms. The topological polar surface area (TPSA) is 76.7 Å². The van der Waals surface area contributed by atoms with Crippen molar-refractivity contribution >= 4 is 11.3 Å². The van der Waals surface area contributed by atoms with Crippen LogP contribution in [0.1, 0.15) is 37.7 Å². The Morgan fingerprint density at radius 1 is 1.56 bits per heavy atom. The summed E-state index contributed by atoms with van der Waals surface area (Å²) in [4.78, 5) is 18.0. The molecule has 0 saturated carbocycles. The van der Waals surface area contributed by atoms with E-state index in [1.165, 1.54) is 11.3 Å². The fraction of sp³-hybridized carbons (Fsp3) is 0.500. The molecule has 0 aliphatic carbocycles. The van der Waals surface area contributed by atoms with E-state index in [0.29, 0.717) is 12.5 Å². The second kappa shape index (κ2) is 5.49. The van der Waals surface area contributed by atoms with Gasteiger partial charge in [0.15, 0.2) is 0 Å². The fourth-order valence-corrected chi connectivity index (χ4v) is 2.55. The molecule has 3 N–H and O–H groups in total. The Hall–Kier alpha value is -1.40. The SMILES string of the molecule is CC(C)CC(N)c1cncn1Cc1csc(=O)[nH]1. The number of aromatic amines is 1. The molecule has 5 nitrogen and oxygen atoms in total. The van der Waals surface area contributed by atoms with Crippen LogP contribution >= 0.6 is 11.3 Å². The number of rotatable bonds is 5. The van der Waals surface area contributed by atoms with Crippen LogP contribution in [0.3, 0.4) is 0 Å². The lowest BCUT2D eigenvalue weighted by Crippen LogP contribution is -2.17. The molecule has 0 amide bonds. The largest absolute Gasteiger partial charge is 0.327 e. The van der Waals surface area contributed by atoms with Crippen molar-refractivity contribution in [2.45, 2.75) is 32.9 Å². The Morgan fingerprint density at radius 3 is 2.94 bits per heavy atom. The summed E-state index contributed by atoms with van der Waals surface area (Å²) in [6, 6.07) is -0.0159. The Balaban J connectivity index is 2.14. The van der Waals surface area contributed by atoms with Crippen LogP contribution < -0.4 is 10.6 Å². The van der Waals surface area contributed by atoms with Crippen LogP contribution in [0, 0.1) is 5.92 Å². The van der Waals surface area contributed by atoms with Gasteiger partial charge in [-0.05, 0) is 12.3 Å². The van der Waals surface area contributed by atoms with E-state index >= 15 is 0 Å². The molecule has 98 valence electrons. The van der Waals surface area contributed by atoms with Crippen molar-refractivity contribution in [2.75, 3.05) is 0 Å². The Bertz CT molecular complexity index is 554. The number of nitrogens with zero attached hydrogens (tertiary/aromatic N) is 2. The normalized spacial score (nSPS) is 13.1. The van der Waals surface area contributed by atoms with Crippen LogP contribution in [0.4, 0.5) is 0 Å². The minimum absolute atomic E-state index is 0.0159. The van der Waals surface area contributed by atoms with Crippen LogP contribution in [-0.4, -0.2) is 14.5 Å². The van der Waals surface area contributed by atoms with Gasteiger partial charge in [-0.2, -0.15) is 0 Å². The first-order valence-electron chi connectivity index (χ1n) is 5.98. The third-order valence-corrected chi connectivity index (χ3v) is 3.48. The second-order valence-electron chi connectivity index (χ2n) is 4.86. The van der Waals surface area contributed by atoms with Gasteiger partial charge in [0.25, 0.3) is 0 Å². The lowest BCUT2D eigenvalue weighted by atomic mass is 10.0. The first-order valence-corrected chi connectivity index (χ1v) is 6.86. The van der Waals surface area contributed by atoms with Crippen LogP contribution in [0.5, 0.6) is 0 Å². The van der Waals surface area contributed by atoms with E-state index in [0.717, 1.165) is 17.8 Å². The Kier molecular flexibility index (Phi) is 3.98. The minimum atomic E-state index is -0.0295. The molecular formula is C12H18N4OS. The van der Waals surface area contributed by atoms with Gasteiger partial charge in [0.1, 0.15) is 0 Å². The van der Waals surface area contributed by atoms with Gasteiger partial charge in [-0.3, -0.25) is 4.79 Å². The van der Waals surface area contributed by atoms with Crippen molar-refractivity contribution in [3.05, 3.63) is 39.0 Å². The number of hydrogen-bond acceptors (Lipinski definition) is 4. The third-order valence-electron chi connectivity index (χ3n) is 2.76. The summed E-state index contributed by atoms with van der Waals surface area (Å²) in [5.74, 6) is 0.546. The second-order valence-corrected chi connectivity index (χ2v) is 5.70. The quantitative estimate of drug-likeness (QED) is 0.865. The monoisotopic (exact) mass is 266 g/mol. The summed E-state index contributed by atoms with van der Waals surface area (Å²) in [6.45, 7) is 4.91. The molecule has 0 aliphatic heterocycles. The van der Waals surface area contributed by atoms with E-state index in [-0.39, 0.29) is 10.9 Å². The Morgan fingerprint density at radius 2 is 2.33 bits per heavy atom. The standard InChI is InChI=1S/C12H18N4OS/c1-8(2)3-10(13)11-4-14-7-16(11)5-9-6-18-12(17)15-9/h4,6-8,10H,3,5,13H2,1-2H3,(H,15,17). The molecule has 0 saturated heterocycles. The van der Waals surface area contributed by atoms with Crippen molar-refractivity contribution < 1.29 is 0 Å². The number of imidazole rings is 1. The van der Waals surface area contributed by atoms with Crippen LogP contribution in [-0.2, 0) is 6.54 Å². The molecule has 0 aromatic carbocycles. The smallest absolute Gasteiger partial charge is 0.304 e. The maximum atomic E-state index is 11.1. The summed E-state index contributed by atoms with van der Waals surface area (Å²) in [5, 5.41) is 1.83. The van der Waals surface area contributed by atoms with Crippen LogP contribution in [0.2, 0.25) is 0 Å². The van der Waals surface area contributed by atoms with Gasteiger partial charge >= 0.3 is 4.87 Å². The summed E-state index contributed by atoms with van der Waals surface area (Å²) < 4.78 is 1.99.